The fourth-order valence-corrected chi connectivity index (χ4v) is 5.21. The molecule has 1 fully saturated rings. The Balaban J connectivity index is 1.56. The lowest BCUT2D eigenvalue weighted by atomic mass is 10.1. The SMILES string of the molecule is CCOc1ccc(CCC(=O)Nc2ccc(S(=O)(=O)N3CCCCC3)cc2)cc1OCC. The number of rotatable bonds is 10. The fourth-order valence-electron chi connectivity index (χ4n) is 3.70. The van der Waals surface area contributed by atoms with Crippen molar-refractivity contribution in [1.29, 1.82) is 0 Å². The summed E-state index contributed by atoms with van der Waals surface area (Å²) in [5, 5.41) is 2.84. The number of hydrogen-bond acceptors (Lipinski definition) is 5. The van der Waals surface area contributed by atoms with Crippen LogP contribution in [0.3, 0.4) is 0 Å². The van der Waals surface area contributed by atoms with E-state index in [1.807, 2.05) is 32.0 Å². The zero-order valence-corrected chi connectivity index (χ0v) is 19.6. The Kier molecular flexibility index (Phi) is 8.53. The molecule has 3 rings (SSSR count). The van der Waals surface area contributed by atoms with Crippen LogP contribution in [-0.2, 0) is 21.2 Å². The number of hydrogen-bond donors (Lipinski definition) is 1. The van der Waals surface area contributed by atoms with E-state index in [1.54, 1.807) is 24.3 Å². The zero-order valence-electron chi connectivity index (χ0n) is 18.8. The Hall–Kier alpha value is -2.58. The number of anilines is 1. The molecule has 0 aliphatic carbocycles. The van der Waals surface area contributed by atoms with Crippen LogP contribution in [0.15, 0.2) is 47.4 Å². The van der Waals surface area contributed by atoms with E-state index in [1.165, 1.54) is 4.31 Å². The first-order valence-corrected chi connectivity index (χ1v) is 12.7. The van der Waals surface area contributed by atoms with E-state index >= 15 is 0 Å². The number of carbonyl (C=O) groups excluding carboxylic acids is 1. The van der Waals surface area contributed by atoms with Crippen molar-refractivity contribution < 1.29 is 22.7 Å². The summed E-state index contributed by atoms with van der Waals surface area (Å²) >= 11 is 0. The molecule has 0 unspecified atom stereocenters. The number of nitrogens with zero attached hydrogens (tertiary/aromatic N) is 1. The number of carbonyl (C=O) groups is 1. The number of benzene rings is 2. The maximum atomic E-state index is 12.7. The predicted molar refractivity (Wildman–Crippen MR) is 125 cm³/mol. The van der Waals surface area contributed by atoms with Gasteiger partial charge in [0.2, 0.25) is 15.9 Å². The van der Waals surface area contributed by atoms with E-state index in [-0.39, 0.29) is 10.8 Å². The molecule has 2 aromatic rings. The predicted octanol–water partition coefficient (Wildman–Crippen LogP) is 4.23. The molecular weight excluding hydrogens is 428 g/mol. The van der Waals surface area contributed by atoms with Gasteiger partial charge in [0, 0.05) is 25.2 Å². The molecule has 1 N–H and O–H groups in total. The molecule has 0 radical (unpaired) electrons. The zero-order chi connectivity index (χ0) is 23.0. The number of piperidine rings is 1. The van der Waals surface area contributed by atoms with Crippen molar-refractivity contribution in [2.75, 3.05) is 31.6 Å². The highest BCUT2D eigenvalue weighted by Gasteiger charge is 2.25. The largest absolute Gasteiger partial charge is 0.490 e. The van der Waals surface area contributed by atoms with Gasteiger partial charge in [0.1, 0.15) is 0 Å². The Bertz CT molecular complexity index is 1000. The van der Waals surface area contributed by atoms with Crippen molar-refractivity contribution in [2.24, 2.45) is 0 Å². The summed E-state index contributed by atoms with van der Waals surface area (Å²) in [5.41, 5.74) is 1.56. The second-order valence-corrected chi connectivity index (χ2v) is 9.62. The molecule has 0 saturated carbocycles. The van der Waals surface area contributed by atoms with Crippen LogP contribution in [0.1, 0.15) is 45.1 Å². The average Bonchev–Trinajstić information content (AvgIpc) is 2.80. The van der Waals surface area contributed by atoms with E-state index in [0.29, 0.717) is 56.3 Å². The summed E-state index contributed by atoms with van der Waals surface area (Å²) in [7, 11) is -3.47. The van der Waals surface area contributed by atoms with E-state index in [9.17, 15) is 13.2 Å². The maximum Gasteiger partial charge on any atom is 0.243 e. The summed E-state index contributed by atoms with van der Waals surface area (Å²) < 4.78 is 38.2. The van der Waals surface area contributed by atoms with Crippen LogP contribution >= 0.6 is 0 Å². The Morgan fingerprint density at radius 1 is 0.938 bits per heavy atom. The standard InChI is InChI=1S/C24H32N2O5S/c1-3-30-22-14-8-19(18-23(22)31-4-2)9-15-24(27)25-20-10-12-21(13-11-20)32(28,29)26-16-6-5-7-17-26/h8,10-14,18H,3-7,9,15-17H2,1-2H3,(H,25,27). The smallest absolute Gasteiger partial charge is 0.243 e. The Morgan fingerprint density at radius 3 is 2.25 bits per heavy atom. The average molecular weight is 461 g/mol. The molecule has 0 spiro atoms. The van der Waals surface area contributed by atoms with Crippen LogP contribution in [0.25, 0.3) is 0 Å². The summed E-state index contributed by atoms with van der Waals surface area (Å²) in [4.78, 5) is 12.7. The minimum Gasteiger partial charge on any atom is -0.490 e. The number of nitrogens with one attached hydrogen (secondary N) is 1. The molecule has 8 heteroatoms. The topological polar surface area (TPSA) is 84.9 Å². The Morgan fingerprint density at radius 2 is 1.59 bits per heavy atom. The number of sulfonamides is 1. The molecule has 1 saturated heterocycles. The summed E-state index contributed by atoms with van der Waals surface area (Å²) in [6, 6.07) is 12.1. The highest BCUT2D eigenvalue weighted by Crippen LogP contribution is 2.29. The third-order valence-electron chi connectivity index (χ3n) is 5.34. The highest BCUT2D eigenvalue weighted by molar-refractivity contribution is 7.89. The molecule has 1 amide bonds. The van der Waals surface area contributed by atoms with E-state index in [4.69, 9.17) is 9.47 Å². The van der Waals surface area contributed by atoms with Crippen LogP contribution in [0, 0.1) is 0 Å². The van der Waals surface area contributed by atoms with Gasteiger partial charge in [-0.1, -0.05) is 12.5 Å². The van der Waals surface area contributed by atoms with Crippen LogP contribution in [0.5, 0.6) is 11.5 Å². The first-order chi connectivity index (χ1) is 15.4. The molecule has 7 nitrogen and oxygen atoms in total. The molecular formula is C24H32N2O5S. The molecule has 1 heterocycles. The molecule has 32 heavy (non-hydrogen) atoms. The van der Waals surface area contributed by atoms with Crippen molar-refractivity contribution in [2.45, 2.75) is 50.8 Å². The third-order valence-corrected chi connectivity index (χ3v) is 7.25. The first kappa shape index (κ1) is 24.1. The van der Waals surface area contributed by atoms with Crippen molar-refractivity contribution in [3.63, 3.8) is 0 Å². The van der Waals surface area contributed by atoms with Gasteiger partial charge < -0.3 is 14.8 Å². The van der Waals surface area contributed by atoms with Gasteiger partial charge in [-0.2, -0.15) is 4.31 Å². The van der Waals surface area contributed by atoms with Crippen LogP contribution < -0.4 is 14.8 Å². The van der Waals surface area contributed by atoms with Crippen molar-refractivity contribution in [1.82, 2.24) is 4.31 Å². The second-order valence-electron chi connectivity index (χ2n) is 7.68. The third kappa shape index (κ3) is 6.23. The van der Waals surface area contributed by atoms with Crippen molar-refractivity contribution >= 4 is 21.6 Å². The first-order valence-electron chi connectivity index (χ1n) is 11.2. The highest BCUT2D eigenvalue weighted by atomic mass is 32.2. The van der Waals surface area contributed by atoms with Crippen molar-refractivity contribution in [3.05, 3.63) is 48.0 Å². The second kappa shape index (κ2) is 11.3. The maximum absolute atomic E-state index is 12.7. The molecule has 0 atom stereocenters. The fraction of sp³-hybridized carbons (Fsp3) is 0.458. The van der Waals surface area contributed by atoms with Gasteiger partial charge in [-0.15, -0.1) is 0 Å². The van der Waals surface area contributed by atoms with Gasteiger partial charge in [0.25, 0.3) is 0 Å². The van der Waals surface area contributed by atoms with Gasteiger partial charge in [0.15, 0.2) is 11.5 Å². The number of aryl methyl sites for hydroxylation is 1. The van der Waals surface area contributed by atoms with E-state index < -0.39 is 10.0 Å². The van der Waals surface area contributed by atoms with Gasteiger partial charge >= 0.3 is 0 Å². The Labute approximate surface area is 190 Å². The van der Waals surface area contributed by atoms with Gasteiger partial charge in [-0.25, -0.2) is 8.42 Å². The minimum absolute atomic E-state index is 0.136. The molecule has 0 aromatic heterocycles. The quantitative estimate of drug-likeness (QED) is 0.574. The van der Waals surface area contributed by atoms with Crippen molar-refractivity contribution in [3.8, 4) is 11.5 Å². The summed E-state index contributed by atoms with van der Waals surface area (Å²) in [5.74, 6) is 1.24. The van der Waals surface area contributed by atoms with Gasteiger partial charge in [0.05, 0.1) is 18.1 Å². The monoisotopic (exact) mass is 460 g/mol. The van der Waals surface area contributed by atoms with E-state index in [2.05, 4.69) is 5.32 Å². The van der Waals surface area contributed by atoms with Crippen LogP contribution in [-0.4, -0.2) is 44.9 Å². The van der Waals surface area contributed by atoms with E-state index in [0.717, 1.165) is 24.8 Å². The number of ether oxygens (including phenoxy) is 2. The normalized spacial score (nSPS) is 14.7. The lowest BCUT2D eigenvalue weighted by Crippen LogP contribution is -2.35. The van der Waals surface area contributed by atoms with Gasteiger partial charge in [-0.05, 0) is 75.1 Å². The van der Waals surface area contributed by atoms with Crippen LogP contribution in [0.2, 0.25) is 0 Å². The molecule has 174 valence electrons. The summed E-state index contributed by atoms with van der Waals surface area (Å²) in [6.07, 6.45) is 3.72. The molecule has 2 aromatic carbocycles. The molecule has 0 bridgehead atoms. The molecule has 1 aliphatic rings. The lowest BCUT2D eigenvalue weighted by Gasteiger charge is -2.25. The van der Waals surface area contributed by atoms with Gasteiger partial charge in [-0.3, -0.25) is 4.79 Å². The minimum atomic E-state index is -3.47. The summed E-state index contributed by atoms with van der Waals surface area (Å²) in [6.45, 7) is 6.06. The lowest BCUT2D eigenvalue weighted by molar-refractivity contribution is -0.116. The van der Waals surface area contributed by atoms with Crippen LogP contribution in [0.4, 0.5) is 5.69 Å². The molecule has 1 aliphatic heterocycles. The number of amides is 1.